The van der Waals surface area contributed by atoms with Crippen LogP contribution in [0.2, 0.25) is 19.6 Å². The van der Waals surface area contributed by atoms with Gasteiger partial charge in [0.1, 0.15) is 5.69 Å². The molecule has 0 bridgehead atoms. The van der Waals surface area contributed by atoms with Gasteiger partial charge in [0.15, 0.2) is 11.0 Å². The molecule has 0 aliphatic rings. The molecule has 3 rings (SSSR count). The average Bonchev–Trinajstić information content (AvgIpc) is 2.84. The van der Waals surface area contributed by atoms with Crippen LogP contribution >= 0.6 is 0 Å². The number of rotatable bonds is 4. The van der Waals surface area contributed by atoms with E-state index in [-0.39, 0.29) is 0 Å². The van der Waals surface area contributed by atoms with Crippen LogP contribution in [-0.4, -0.2) is 12.6 Å². The Balaban J connectivity index is 2.48. The van der Waals surface area contributed by atoms with Crippen molar-refractivity contribution >= 4 is 24.3 Å². The molecule has 0 saturated heterocycles. The smallest absolute Gasteiger partial charge is 0.230 e. The number of hydrogen-bond acceptors (Lipinski definition) is 0. The molecule has 27 heavy (non-hydrogen) atoms. The van der Waals surface area contributed by atoms with E-state index in [9.17, 15) is 0 Å². The summed E-state index contributed by atoms with van der Waals surface area (Å²) in [5.74, 6) is 2.25. The first-order valence-electron chi connectivity index (χ1n) is 10.2. The molecule has 0 radical (unpaired) electrons. The third-order valence-corrected chi connectivity index (χ3v) is 7.82. The van der Waals surface area contributed by atoms with Crippen LogP contribution in [0.25, 0.3) is 16.7 Å². The minimum atomic E-state index is -1.39. The predicted octanol–water partition coefficient (Wildman–Crippen LogP) is 5.56. The molecule has 0 unspecified atom stereocenters. The van der Waals surface area contributed by atoms with Gasteiger partial charge in [0, 0.05) is 18.1 Å². The highest BCUT2D eigenvalue weighted by Gasteiger charge is 2.29. The Morgan fingerprint density at radius 3 is 1.89 bits per heavy atom. The molecule has 0 saturated carbocycles. The number of imidazole rings is 1. The number of benzene rings is 2. The van der Waals surface area contributed by atoms with Crippen molar-refractivity contribution in [1.82, 2.24) is 4.57 Å². The molecule has 1 aromatic heterocycles. The van der Waals surface area contributed by atoms with Crippen molar-refractivity contribution < 1.29 is 4.57 Å². The zero-order chi connectivity index (χ0) is 20.1. The molecule has 0 amide bonds. The van der Waals surface area contributed by atoms with Gasteiger partial charge in [0.2, 0.25) is 0 Å². The van der Waals surface area contributed by atoms with Gasteiger partial charge in [-0.25, -0.2) is 4.57 Å². The van der Waals surface area contributed by atoms with E-state index in [1.165, 1.54) is 33.7 Å². The first kappa shape index (κ1) is 19.9. The van der Waals surface area contributed by atoms with Crippen LogP contribution in [0.5, 0.6) is 0 Å². The van der Waals surface area contributed by atoms with Crippen LogP contribution < -0.4 is 9.75 Å². The molecule has 144 valence electrons. The molecule has 0 N–H and O–H groups in total. The average molecular weight is 380 g/mol. The Labute approximate surface area is 165 Å². The van der Waals surface area contributed by atoms with Crippen LogP contribution in [-0.2, 0) is 7.05 Å². The zero-order valence-corrected chi connectivity index (χ0v) is 19.5. The van der Waals surface area contributed by atoms with Crippen molar-refractivity contribution in [1.29, 1.82) is 0 Å². The molecule has 1 heterocycles. The van der Waals surface area contributed by atoms with Gasteiger partial charge < -0.3 is 0 Å². The summed E-state index contributed by atoms with van der Waals surface area (Å²) in [6, 6.07) is 13.8. The van der Waals surface area contributed by atoms with Crippen molar-refractivity contribution in [3.63, 3.8) is 0 Å². The first-order valence-corrected chi connectivity index (χ1v) is 13.7. The standard InChI is InChI=1S/C24H35N2Si/c1-16(2)20-14-19(27(7,8)9)15-21(17(3)4)24(20)26-18(5)25(6)22-12-10-11-13-23(22)26/h10-17H,1-9H3/q+1. The lowest BCUT2D eigenvalue weighted by Gasteiger charge is -2.24. The fraction of sp³-hybridized carbons (Fsp3) is 0.458. The van der Waals surface area contributed by atoms with Gasteiger partial charge in [0.05, 0.1) is 15.1 Å². The SMILES string of the molecule is Cc1n(-c2c(C(C)C)cc([Si](C)(C)C)cc2C(C)C)c2ccccc2[n+]1C. The highest BCUT2D eigenvalue weighted by molar-refractivity contribution is 6.88. The summed E-state index contributed by atoms with van der Waals surface area (Å²) in [6.07, 6.45) is 0. The molecule has 0 aliphatic carbocycles. The topological polar surface area (TPSA) is 8.81 Å². The van der Waals surface area contributed by atoms with Gasteiger partial charge in [-0.2, -0.15) is 4.57 Å². The number of para-hydroxylation sites is 2. The van der Waals surface area contributed by atoms with Crippen molar-refractivity contribution in [3.05, 3.63) is 53.3 Å². The van der Waals surface area contributed by atoms with Gasteiger partial charge >= 0.3 is 0 Å². The lowest BCUT2D eigenvalue weighted by atomic mass is 9.92. The molecule has 3 aromatic rings. The number of fused-ring (bicyclic) bond motifs is 1. The normalized spacial score (nSPS) is 12.6. The maximum Gasteiger partial charge on any atom is 0.259 e. The summed E-state index contributed by atoms with van der Waals surface area (Å²) in [6.45, 7) is 18.9. The van der Waals surface area contributed by atoms with E-state index >= 15 is 0 Å². The molecule has 0 atom stereocenters. The molecule has 0 spiro atoms. The highest BCUT2D eigenvalue weighted by atomic mass is 28.3. The maximum absolute atomic E-state index is 2.51. The minimum absolute atomic E-state index is 0.486. The summed E-state index contributed by atoms with van der Waals surface area (Å²) in [7, 11) is 0.787. The molecule has 0 fully saturated rings. The monoisotopic (exact) mass is 379 g/mol. The van der Waals surface area contributed by atoms with E-state index in [0.717, 1.165) is 0 Å². The van der Waals surface area contributed by atoms with Crippen molar-refractivity contribution in [2.75, 3.05) is 0 Å². The lowest BCUT2D eigenvalue weighted by Crippen LogP contribution is -2.38. The number of aryl methyl sites for hydroxylation is 1. The van der Waals surface area contributed by atoms with E-state index in [4.69, 9.17) is 0 Å². The quantitative estimate of drug-likeness (QED) is 0.415. The van der Waals surface area contributed by atoms with Gasteiger partial charge in [-0.05, 0) is 24.0 Å². The van der Waals surface area contributed by atoms with Crippen LogP contribution in [0.1, 0.15) is 56.5 Å². The number of hydrogen-bond donors (Lipinski definition) is 0. The Morgan fingerprint density at radius 2 is 1.41 bits per heavy atom. The summed E-state index contributed by atoms with van der Waals surface area (Å²) in [5, 5.41) is 1.57. The lowest BCUT2D eigenvalue weighted by molar-refractivity contribution is -0.652. The highest BCUT2D eigenvalue weighted by Crippen LogP contribution is 2.34. The molecule has 0 aliphatic heterocycles. The second-order valence-corrected chi connectivity index (χ2v) is 14.6. The van der Waals surface area contributed by atoms with Crippen molar-refractivity contribution in [2.24, 2.45) is 7.05 Å². The number of nitrogens with zero attached hydrogens (tertiary/aromatic N) is 2. The third kappa shape index (κ3) is 3.38. The first-order chi connectivity index (χ1) is 12.5. The molecular weight excluding hydrogens is 344 g/mol. The van der Waals surface area contributed by atoms with E-state index in [0.29, 0.717) is 11.8 Å². The van der Waals surface area contributed by atoms with Crippen molar-refractivity contribution in [3.8, 4) is 5.69 Å². The van der Waals surface area contributed by atoms with Crippen LogP contribution in [0, 0.1) is 6.92 Å². The zero-order valence-electron chi connectivity index (χ0n) is 18.5. The molecule has 2 aromatic carbocycles. The minimum Gasteiger partial charge on any atom is -0.230 e. The fourth-order valence-corrected chi connectivity index (χ4v) is 5.15. The predicted molar refractivity (Wildman–Crippen MR) is 120 cm³/mol. The second kappa shape index (κ2) is 6.94. The Hall–Kier alpha value is -1.87. The summed E-state index contributed by atoms with van der Waals surface area (Å²) < 4.78 is 4.81. The Kier molecular flexibility index (Phi) is 5.11. The number of aromatic nitrogens is 2. The van der Waals surface area contributed by atoms with Gasteiger partial charge in [-0.1, -0.05) is 76.8 Å². The summed E-state index contributed by atoms with van der Waals surface area (Å²) in [5.41, 5.74) is 6.93. The van der Waals surface area contributed by atoms with Crippen LogP contribution in [0.3, 0.4) is 0 Å². The Morgan fingerprint density at radius 1 is 0.889 bits per heavy atom. The maximum atomic E-state index is 2.51. The van der Waals surface area contributed by atoms with Gasteiger partial charge in [0.25, 0.3) is 5.82 Å². The second-order valence-electron chi connectivity index (χ2n) is 9.49. The van der Waals surface area contributed by atoms with E-state index in [1.54, 1.807) is 5.19 Å². The van der Waals surface area contributed by atoms with Gasteiger partial charge in [-0.15, -0.1) is 0 Å². The largest absolute Gasteiger partial charge is 0.259 e. The van der Waals surface area contributed by atoms with Crippen LogP contribution in [0.15, 0.2) is 36.4 Å². The third-order valence-electron chi connectivity index (χ3n) is 5.80. The summed E-state index contributed by atoms with van der Waals surface area (Å²) in [4.78, 5) is 0. The van der Waals surface area contributed by atoms with E-state index in [2.05, 4.69) is 107 Å². The van der Waals surface area contributed by atoms with Crippen molar-refractivity contribution in [2.45, 2.75) is 66.1 Å². The molecular formula is C24H35N2Si+. The fourth-order valence-electron chi connectivity index (χ4n) is 3.97. The van der Waals surface area contributed by atoms with Gasteiger partial charge in [-0.3, -0.25) is 0 Å². The van der Waals surface area contributed by atoms with Crippen LogP contribution in [0.4, 0.5) is 0 Å². The summed E-state index contributed by atoms with van der Waals surface area (Å²) >= 11 is 0. The Bertz CT molecular complexity index is 959. The van der Waals surface area contributed by atoms with E-state index in [1.807, 2.05) is 0 Å². The molecule has 3 heteroatoms. The molecule has 2 nitrogen and oxygen atoms in total. The van der Waals surface area contributed by atoms with E-state index < -0.39 is 8.07 Å².